The Kier molecular flexibility index (Phi) is 4.10. The van der Waals surface area contributed by atoms with E-state index in [1.54, 1.807) is 0 Å². The van der Waals surface area contributed by atoms with Gasteiger partial charge in [0.25, 0.3) is 0 Å². The smallest absolute Gasteiger partial charge is 0.124 e. The molecule has 0 saturated carbocycles. The van der Waals surface area contributed by atoms with Crippen LogP contribution in [-0.2, 0) is 29.4 Å². The van der Waals surface area contributed by atoms with Gasteiger partial charge in [-0.25, -0.2) is 8.42 Å². The van der Waals surface area contributed by atoms with Crippen LogP contribution in [0.4, 0.5) is 0 Å². The van der Waals surface area contributed by atoms with Crippen molar-refractivity contribution in [2.24, 2.45) is 0 Å². The Bertz CT molecular complexity index is 475. The van der Waals surface area contributed by atoms with Crippen LogP contribution in [0.5, 0.6) is 0 Å². The van der Waals surface area contributed by atoms with E-state index >= 15 is 0 Å². The SMILES string of the molecule is CCc1cc(CC)c(CC)c(S(=O)(=O)[O-])c1. The summed E-state index contributed by atoms with van der Waals surface area (Å²) >= 11 is 0. The van der Waals surface area contributed by atoms with Crippen molar-refractivity contribution in [3.8, 4) is 0 Å². The Balaban J connectivity index is 3.56. The van der Waals surface area contributed by atoms with Gasteiger partial charge in [0.1, 0.15) is 10.1 Å². The van der Waals surface area contributed by atoms with E-state index in [2.05, 4.69) is 0 Å². The van der Waals surface area contributed by atoms with Crippen molar-refractivity contribution >= 4 is 10.1 Å². The Hall–Kier alpha value is -0.870. The molecule has 0 heterocycles. The summed E-state index contributed by atoms with van der Waals surface area (Å²) < 4.78 is 33.6. The average Bonchev–Trinajstić information content (AvgIpc) is 2.25. The molecular formula is C12H17O3S-. The molecule has 4 heteroatoms. The summed E-state index contributed by atoms with van der Waals surface area (Å²) in [5.74, 6) is 0. The fourth-order valence-corrected chi connectivity index (χ4v) is 2.78. The second kappa shape index (κ2) is 4.97. The molecule has 0 aromatic heterocycles. The van der Waals surface area contributed by atoms with Crippen molar-refractivity contribution < 1.29 is 13.0 Å². The minimum absolute atomic E-state index is 0.0359. The van der Waals surface area contributed by atoms with Gasteiger partial charge >= 0.3 is 0 Å². The normalized spacial score (nSPS) is 11.8. The van der Waals surface area contributed by atoms with E-state index in [0.29, 0.717) is 12.0 Å². The van der Waals surface area contributed by atoms with E-state index in [1.807, 2.05) is 26.8 Å². The van der Waals surface area contributed by atoms with Gasteiger partial charge < -0.3 is 4.55 Å². The van der Waals surface area contributed by atoms with E-state index in [-0.39, 0.29) is 4.90 Å². The number of hydrogen-bond donors (Lipinski definition) is 0. The third-order valence-corrected chi connectivity index (χ3v) is 3.68. The molecule has 0 radical (unpaired) electrons. The summed E-state index contributed by atoms with van der Waals surface area (Å²) in [7, 11) is -4.36. The summed E-state index contributed by atoms with van der Waals surface area (Å²) in [6, 6.07) is 3.51. The van der Waals surface area contributed by atoms with Crippen LogP contribution in [0, 0.1) is 0 Å². The lowest BCUT2D eigenvalue weighted by atomic mass is 9.99. The van der Waals surface area contributed by atoms with Gasteiger partial charge in [0.15, 0.2) is 0 Å². The molecule has 1 rings (SSSR count). The molecule has 16 heavy (non-hydrogen) atoms. The predicted molar refractivity (Wildman–Crippen MR) is 62.5 cm³/mol. The van der Waals surface area contributed by atoms with Crippen molar-refractivity contribution in [1.82, 2.24) is 0 Å². The molecule has 0 aliphatic heterocycles. The van der Waals surface area contributed by atoms with Crippen LogP contribution < -0.4 is 0 Å². The molecule has 0 amide bonds. The molecule has 0 fully saturated rings. The summed E-state index contributed by atoms with van der Waals surface area (Å²) in [4.78, 5) is -0.0359. The van der Waals surface area contributed by atoms with Gasteiger partial charge in [-0.15, -0.1) is 0 Å². The number of aryl methyl sites for hydroxylation is 2. The highest BCUT2D eigenvalue weighted by Gasteiger charge is 2.12. The Morgan fingerprint density at radius 3 is 2.06 bits per heavy atom. The van der Waals surface area contributed by atoms with Crippen LogP contribution in [0.25, 0.3) is 0 Å². The van der Waals surface area contributed by atoms with Crippen LogP contribution >= 0.6 is 0 Å². The van der Waals surface area contributed by atoms with Crippen LogP contribution in [0.2, 0.25) is 0 Å². The molecule has 0 spiro atoms. The highest BCUT2D eigenvalue weighted by Crippen LogP contribution is 2.23. The zero-order valence-electron chi connectivity index (χ0n) is 9.91. The molecule has 0 N–H and O–H groups in total. The minimum atomic E-state index is -4.36. The van der Waals surface area contributed by atoms with Gasteiger partial charge in [0.2, 0.25) is 0 Å². The number of rotatable bonds is 4. The standard InChI is InChI=1S/C12H18O3S/c1-4-9-7-10(5-2)11(6-3)12(8-9)16(13,14)15/h7-8H,4-6H2,1-3H3,(H,13,14,15)/p-1. The maximum Gasteiger partial charge on any atom is 0.124 e. The van der Waals surface area contributed by atoms with E-state index < -0.39 is 10.1 Å². The molecule has 0 atom stereocenters. The maximum absolute atomic E-state index is 11.2. The first kappa shape index (κ1) is 13.2. The Morgan fingerprint density at radius 1 is 1.06 bits per heavy atom. The van der Waals surface area contributed by atoms with Gasteiger partial charge in [-0.05, 0) is 42.0 Å². The van der Waals surface area contributed by atoms with Gasteiger partial charge in [-0.2, -0.15) is 0 Å². The summed E-state index contributed by atoms with van der Waals surface area (Å²) in [6.07, 6.45) is 2.06. The Morgan fingerprint density at radius 2 is 1.69 bits per heavy atom. The molecule has 0 unspecified atom stereocenters. The monoisotopic (exact) mass is 241 g/mol. The molecule has 0 aliphatic carbocycles. The summed E-state index contributed by atoms with van der Waals surface area (Å²) in [5.41, 5.74) is 2.55. The summed E-state index contributed by atoms with van der Waals surface area (Å²) in [6.45, 7) is 5.78. The molecule has 90 valence electrons. The predicted octanol–water partition coefficient (Wildman–Crippen LogP) is 2.28. The van der Waals surface area contributed by atoms with E-state index in [4.69, 9.17) is 0 Å². The summed E-state index contributed by atoms with van der Waals surface area (Å²) in [5, 5.41) is 0. The lowest BCUT2D eigenvalue weighted by Crippen LogP contribution is -2.07. The van der Waals surface area contributed by atoms with Gasteiger partial charge in [-0.1, -0.05) is 26.8 Å². The first-order valence-corrected chi connectivity index (χ1v) is 6.95. The largest absolute Gasteiger partial charge is 0.744 e. The molecule has 1 aromatic carbocycles. The third kappa shape index (κ3) is 2.62. The second-order valence-corrected chi connectivity index (χ2v) is 5.09. The van der Waals surface area contributed by atoms with E-state index in [0.717, 1.165) is 24.0 Å². The molecule has 0 aliphatic rings. The molecule has 3 nitrogen and oxygen atoms in total. The van der Waals surface area contributed by atoms with Crippen LogP contribution in [-0.4, -0.2) is 13.0 Å². The number of hydrogen-bond acceptors (Lipinski definition) is 3. The van der Waals surface area contributed by atoms with Crippen molar-refractivity contribution in [3.63, 3.8) is 0 Å². The molecule has 0 saturated heterocycles. The fraction of sp³-hybridized carbons (Fsp3) is 0.500. The minimum Gasteiger partial charge on any atom is -0.744 e. The quantitative estimate of drug-likeness (QED) is 0.760. The van der Waals surface area contributed by atoms with Crippen molar-refractivity contribution in [2.75, 3.05) is 0 Å². The maximum atomic E-state index is 11.2. The highest BCUT2D eigenvalue weighted by molar-refractivity contribution is 7.85. The van der Waals surface area contributed by atoms with E-state index in [9.17, 15) is 13.0 Å². The van der Waals surface area contributed by atoms with Gasteiger partial charge in [0, 0.05) is 0 Å². The average molecular weight is 241 g/mol. The topological polar surface area (TPSA) is 57.2 Å². The van der Waals surface area contributed by atoms with E-state index in [1.165, 1.54) is 6.07 Å². The Labute approximate surface area is 97.2 Å². The van der Waals surface area contributed by atoms with Crippen molar-refractivity contribution in [1.29, 1.82) is 0 Å². The lowest BCUT2D eigenvalue weighted by Gasteiger charge is -2.17. The van der Waals surface area contributed by atoms with Crippen molar-refractivity contribution in [2.45, 2.75) is 44.9 Å². The van der Waals surface area contributed by atoms with Crippen molar-refractivity contribution in [3.05, 3.63) is 28.8 Å². The van der Waals surface area contributed by atoms with Gasteiger partial charge in [0.05, 0.1) is 4.90 Å². The fourth-order valence-electron chi connectivity index (χ4n) is 1.91. The zero-order valence-corrected chi connectivity index (χ0v) is 10.7. The number of benzene rings is 1. The van der Waals surface area contributed by atoms with Crippen LogP contribution in [0.3, 0.4) is 0 Å². The third-order valence-electron chi connectivity index (χ3n) is 2.77. The first-order valence-electron chi connectivity index (χ1n) is 5.54. The molecular weight excluding hydrogens is 224 g/mol. The molecule has 0 bridgehead atoms. The van der Waals surface area contributed by atoms with Gasteiger partial charge in [-0.3, -0.25) is 0 Å². The first-order chi connectivity index (χ1) is 7.43. The highest BCUT2D eigenvalue weighted by atomic mass is 32.2. The van der Waals surface area contributed by atoms with Crippen LogP contribution in [0.1, 0.15) is 37.5 Å². The lowest BCUT2D eigenvalue weighted by molar-refractivity contribution is 0.462. The second-order valence-electron chi connectivity index (χ2n) is 3.75. The van der Waals surface area contributed by atoms with Crippen LogP contribution in [0.15, 0.2) is 17.0 Å². The molecule has 1 aromatic rings. The zero-order chi connectivity index (χ0) is 12.3.